The Kier molecular flexibility index (Phi) is 7.88. The molecule has 5 rings (SSSR count). The highest BCUT2D eigenvalue weighted by molar-refractivity contribution is 6.32. The van der Waals surface area contributed by atoms with Gasteiger partial charge in [-0.1, -0.05) is 96.0 Å². The lowest BCUT2D eigenvalue weighted by atomic mass is 10.1. The van der Waals surface area contributed by atoms with Gasteiger partial charge in [0.2, 0.25) is 0 Å². The second kappa shape index (κ2) is 11.8. The van der Waals surface area contributed by atoms with Crippen LogP contribution in [0.4, 0.5) is 0 Å². The van der Waals surface area contributed by atoms with E-state index in [0.29, 0.717) is 15.8 Å². The highest BCUT2D eigenvalue weighted by Crippen LogP contribution is 2.35. The summed E-state index contributed by atoms with van der Waals surface area (Å²) in [6.45, 7) is -0.215. The smallest absolute Gasteiger partial charge is 0.277 e. The maximum atomic E-state index is 12.4. The molecule has 0 saturated carbocycles. The summed E-state index contributed by atoms with van der Waals surface area (Å²) in [4.78, 5) is 12.4. The van der Waals surface area contributed by atoms with Crippen LogP contribution in [0.25, 0.3) is 28.2 Å². The number of carbonyl (C=O) groups excluding carboxylic acids is 1. The van der Waals surface area contributed by atoms with Crippen molar-refractivity contribution in [1.29, 1.82) is 0 Å². The molecule has 0 aliphatic carbocycles. The number of halogens is 2. The second-order valence-corrected chi connectivity index (χ2v) is 9.23. The first-order valence-corrected chi connectivity index (χ1v) is 12.7. The van der Waals surface area contributed by atoms with Crippen molar-refractivity contribution >= 4 is 35.3 Å². The molecule has 0 fully saturated rings. The van der Waals surface area contributed by atoms with E-state index in [2.05, 4.69) is 33.3 Å². The van der Waals surface area contributed by atoms with E-state index in [1.54, 1.807) is 30.5 Å². The Hall–Kier alpha value is -4.32. The van der Waals surface area contributed by atoms with Crippen molar-refractivity contribution in [2.75, 3.05) is 6.61 Å². The summed E-state index contributed by atoms with van der Waals surface area (Å²) in [5.74, 6) is 0.0371. The number of para-hydroxylation sites is 1. The lowest BCUT2D eigenvalue weighted by Crippen LogP contribution is -2.24. The van der Waals surface area contributed by atoms with E-state index in [-0.39, 0.29) is 6.61 Å². The van der Waals surface area contributed by atoms with Gasteiger partial charge in [-0.05, 0) is 53.6 Å². The minimum Gasteiger partial charge on any atom is -0.482 e. The van der Waals surface area contributed by atoms with Gasteiger partial charge in [-0.25, -0.2) is 5.43 Å². The van der Waals surface area contributed by atoms with Crippen LogP contribution in [0.3, 0.4) is 0 Å². The molecule has 5 nitrogen and oxygen atoms in total. The zero-order valence-corrected chi connectivity index (χ0v) is 21.7. The average Bonchev–Trinajstić information content (AvgIpc) is 3.33. The van der Waals surface area contributed by atoms with Gasteiger partial charge in [0.15, 0.2) is 6.61 Å². The van der Waals surface area contributed by atoms with Crippen LogP contribution in [-0.4, -0.2) is 23.3 Å². The summed E-state index contributed by atoms with van der Waals surface area (Å²) in [7, 11) is 0. The molecule has 38 heavy (non-hydrogen) atoms. The quantitative estimate of drug-likeness (QED) is 0.162. The Balaban J connectivity index is 1.51. The highest BCUT2D eigenvalue weighted by atomic mass is 35.5. The Morgan fingerprint density at radius 3 is 2.13 bits per heavy atom. The van der Waals surface area contributed by atoms with Crippen LogP contribution in [0.1, 0.15) is 5.56 Å². The zero-order valence-electron chi connectivity index (χ0n) is 20.2. The van der Waals surface area contributed by atoms with Crippen molar-refractivity contribution in [3.8, 4) is 34.0 Å². The molecule has 4 aromatic carbocycles. The van der Waals surface area contributed by atoms with E-state index < -0.39 is 5.91 Å². The van der Waals surface area contributed by atoms with E-state index in [4.69, 9.17) is 27.9 Å². The summed E-state index contributed by atoms with van der Waals surface area (Å²) < 4.78 is 7.68. The van der Waals surface area contributed by atoms with Gasteiger partial charge in [0, 0.05) is 16.3 Å². The van der Waals surface area contributed by atoms with E-state index in [1.807, 2.05) is 72.8 Å². The standard InChI is InChI=1S/C31H23Cl2N3O2/c32-25-15-17-26(18-16-25)36-28(22-9-3-1-4-10-22)19-24(31(36)23-11-5-2-6-12-23)20-34-35-30(37)21-38-29-14-8-7-13-27(29)33/h1-20H,21H2,(H,35,37)/b34-20+. The predicted molar refractivity (Wildman–Crippen MR) is 154 cm³/mol. The number of ether oxygens (including phenoxy) is 1. The van der Waals surface area contributed by atoms with Gasteiger partial charge in [0.05, 0.1) is 22.6 Å². The number of benzene rings is 4. The molecule has 0 saturated heterocycles. The molecule has 0 atom stereocenters. The summed E-state index contributed by atoms with van der Waals surface area (Å²) in [5.41, 5.74) is 8.27. The third-order valence-corrected chi connectivity index (χ3v) is 6.38. The average molecular weight is 540 g/mol. The predicted octanol–water partition coefficient (Wildman–Crippen LogP) is 7.65. The lowest BCUT2D eigenvalue weighted by molar-refractivity contribution is -0.123. The first kappa shape index (κ1) is 25.3. The summed E-state index contributed by atoms with van der Waals surface area (Å²) in [5, 5.41) is 5.34. The van der Waals surface area contributed by atoms with Crippen LogP contribution in [0.2, 0.25) is 10.0 Å². The summed E-state index contributed by atoms with van der Waals surface area (Å²) >= 11 is 12.3. The molecule has 1 N–H and O–H groups in total. The first-order valence-electron chi connectivity index (χ1n) is 11.9. The number of nitrogens with zero attached hydrogens (tertiary/aromatic N) is 2. The number of hydrazone groups is 1. The van der Waals surface area contributed by atoms with E-state index in [0.717, 1.165) is 33.8 Å². The minimum absolute atomic E-state index is 0.215. The summed E-state index contributed by atoms with van der Waals surface area (Å²) in [6.07, 6.45) is 1.65. The Labute approximate surface area is 230 Å². The number of amides is 1. The zero-order chi connectivity index (χ0) is 26.3. The lowest BCUT2D eigenvalue weighted by Gasteiger charge is -2.15. The molecule has 0 unspecified atom stereocenters. The third kappa shape index (κ3) is 5.80. The molecule has 1 aromatic heterocycles. The molecule has 1 amide bonds. The van der Waals surface area contributed by atoms with Crippen molar-refractivity contribution in [3.63, 3.8) is 0 Å². The van der Waals surface area contributed by atoms with Crippen LogP contribution in [-0.2, 0) is 4.79 Å². The van der Waals surface area contributed by atoms with Gasteiger partial charge < -0.3 is 9.30 Å². The first-order chi connectivity index (χ1) is 18.6. The second-order valence-electron chi connectivity index (χ2n) is 8.39. The molecule has 1 heterocycles. The number of nitrogens with one attached hydrogen (secondary N) is 1. The molecule has 7 heteroatoms. The van der Waals surface area contributed by atoms with Crippen LogP contribution in [0, 0.1) is 0 Å². The van der Waals surface area contributed by atoms with Crippen LogP contribution in [0.15, 0.2) is 120 Å². The maximum absolute atomic E-state index is 12.4. The molecule has 5 aromatic rings. The van der Waals surface area contributed by atoms with Gasteiger partial charge in [-0.3, -0.25) is 4.79 Å². The third-order valence-electron chi connectivity index (χ3n) is 5.82. The van der Waals surface area contributed by atoms with Crippen LogP contribution >= 0.6 is 23.2 Å². The molecule has 188 valence electrons. The van der Waals surface area contributed by atoms with Crippen molar-refractivity contribution in [2.24, 2.45) is 5.10 Å². The fraction of sp³-hybridized carbons (Fsp3) is 0.0323. The van der Waals surface area contributed by atoms with Crippen molar-refractivity contribution < 1.29 is 9.53 Å². The fourth-order valence-electron chi connectivity index (χ4n) is 4.11. The van der Waals surface area contributed by atoms with E-state index in [1.165, 1.54) is 0 Å². The monoisotopic (exact) mass is 539 g/mol. The van der Waals surface area contributed by atoms with Crippen LogP contribution < -0.4 is 10.2 Å². The van der Waals surface area contributed by atoms with Gasteiger partial charge >= 0.3 is 0 Å². The Morgan fingerprint density at radius 1 is 0.816 bits per heavy atom. The molecule has 0 bridgehead atoms. The number of hydrogen-bond acceptors (Lipinski definition) is 3. The molecule has 0 radical (unpaired) electrons. The fourth-order valence-corrected chi connectivity index (χ4v) is 4.43. The Bertz CT molecular complexity index is 1560. The van der Waals surface area contributed by atoms with Gasteiger partial charge in [-0.15, -0.1) is 0 Å². The molecule has 0 spiro atoms. The topological polar surface area (TPSA) is 55.6 Å². The van der Waals surface area contributed by atoms with Crippen molar-refractivity contribution in [1.82, 2.24) is 9.99 Å². The van der Waals surface area contributed by atoms with Crippen molar-refractivity contribution in [3.05, 3.63) is 131 Å². The molecule has 0 aliphatic rings. The van der Waals surface area contributed by atoms with Crippen molar-refractivity contribution in [2.45, 2.75) is 0 Å². The minimum atomic E-state index is -0.400. The van der Waals surface area contributed by atoms with Crippen LogP contribution in [0.5, 0.6) is 5.75 Å². The molecule has 0 aliphatic heterocycles. The Morgan fingerprint density at radius 2 is 1.45 bits per heavy atom. The van der Waals surface area contributed by atoms with E-state index >= 15 is 0 Å². The normalized spacial score (nSPS) is 11.0. The van der Waals surface area contributed by atoms with Gasteiger partial charge in [0.25, 0.3) is 5.91 Å². The highest BCUT2D eigenvalue weighted by Gasteiger charge is 2.18. The number of hydrogen-bond donors (Lipinski definition) is 1. The van der Waals surface area contributed by atoms with Gasteiger partial charge in [0.1, 0.15) is 5.75 Å². The molecular weight excluding hydrogens is 517 g/mol. The maximum Gasteiger partial charge on any atom is 0.277 e. The van der Waals surface area contributed by atoms with Gasteiger partial charge in [-0.2, -0.15) is 5.10 Å². The number of carbonyl (C=O) groups is 1. The number of rotatable bonds is 8. The van der Waals surface area contributed by atoms with E-state index in [9.17, 15) is 4.79 Å². The summed E-state index contributed by atoms with van der Waals surface area (Å²) in [6, 6.07) is 36.9. The number of aromatic nitrogens is 1. The SMILES string of the molecule is O=C(COc1ccccc1Cl)N/N=C/c1cc(-c2ccccc2)n(-c2ccc(Cl)cc2)c1-c1ccccc1. The molecular formula is C31H23Cl2N3O2. The largest absolute Gasteiger partial charge is 0.482 e.